The molecule has 0 unspecified atom stereocenters. The number of phenolic OH excluding ortho intramolecular Hbond substituents is 2. The van der Waals surface area contributed by atoms with Gasteiger partial charge in [0.2, 0.25) is 5.91 Å². The number of benzene rings is 2. The lowest BCUT2D eigenvalue weighted by Gasteiger charge is -2.20. The molecule has 1 aromatic heterocycles. The number of carboxylic acids is 1. The van der Waals surface area contributed by atoms with Gasteiger partial charge < -0.3 is 29.8 Å². The van der Waals surface area contributed by atoms with Crippen LogP contribution in [0.1, 0.15) is 22.3 Å². The molecule has 0 saturated carbocycles. The molecule has 0 fully saturated rings. The van der Waals surface area contributed by atoms with Gasteiger partial charge in [-0.15, -0.1) is 0 Å². The number of rotatable bonds is 6. The van der Waals surface area contributed by atoms with Gasteiger partial charge in [0.15, 0.2) is 0 Å². The summed E-state index contributed by atoms with van der Waals surface area (Å²) < 4.78 is 5.30. The van der Waals surface area contributed by atoms with E-state index in [1.165, 1.54) is 30.3 Å². The van der Waals surface area contributed by atoms with E-state index in [1.54, 1.807) is 19.9 Å². The van der Waals surface area contributed by atoms with E-state index in [0.717, 1.165) is 0 Å². The average Bonchev–Trinajstić information content (AvgIpc) is 2.69. The zero-order valence-electron chi connectivity index (χ0n) is 16.4. The lowest BCUT2D eigenvalue weighted by atomic mass is 10.0. The van der Waals surface area contributed by atoms with E-state index < -0.39 is 23.5 Å². The first kappa shape index (κ1) is 20.9. The van der Waals surface area contributed by atoms with Gasteiger partial charge in [-0.25, -0.2) is 4.79 Å². The van der Waals surface area contributed by atoms with Crippen molar-refractivity contribution in [1.29, 1.82) is 0 Å². The number of hydrogen-bond donors (Lipinski definition) is 3. The summed E-state index contributed by atoms with van der Waals surface area (Å²) in [7, 11) is 0. The van der Waals surface area contributed by atoms with Gasteiger partial charge in [-0.05, 0) is 55.7 Å². The summed E-state index contributed by atoms with van der Waals surface area (Å²) in [5, 5.41) is 33.5. The molecule has 0 aliphatic heterocycles. The summed E-state index contributed by atoms with van der Waals surface area (Å²) >= 11 is 0. The van der Waals surface area contributed by atoms with Crippen LogP contribution in [0.25, 0.3) is 11.0 Å². The van der Waals surface area contributed by atoms with Gasteiger partial charge >= 0.3 is 5.63 Å². The minimum absolute atomic E-state index is 0.0124. The molecule has 0 saturated heterocycles. The molecule has 3 aromatic rings. The molecule has 0 aliphatic rings. The lowest BCUT2D eigenvalue weighted by Crippen LogP contribution is -2.49. The van der Waals surface area contributed by atoms with E-state index in [2.05, 4.69) is 5.32 Å². The first-order chi connectivity index (χ1) is 14.2. The molecule has 8 nitrogen and oxygen atoms in total. The number of carbonyl (C=O) groups is 2. The Morgan fingerprint density at radius 1 is 1.07 bits per heavy atom. The van der Waals surface area contributed by atoms with E-state index in [1.807, 2.05) is 0 Å². The molecule has 0 spiro atoms. The lowest BCUT2D eigenvalue weighted by molar-refractivity contribution is -0.308. The maximum atomic E-state index is 12.5. The third-order valence-electron chi connectivity index (χ3n) is 5.01. The molecule has 3 N–H and O–H groups in total. The van der Waals surface area contributed by atoms with Gasteiger partial charge in [0.05, 0.1) is 24.0 Å². The van der Waals surface area contributed by atoms with Crippen molar-refractivity contribution in [1.82, 2.24) is 5.32 Å². The van der Waals surface area contributed by atoms with Gasteiger partial charge in [0.1, 0.15) is 17.1 Å². The monoisotopic (exact) mass is 410 g/mol. The molecule has 156 valence electrons. The summed E-state index contributed by atoms with van der Waals surface area (Å²) in [6.45, 7) is 3.27. The Bertz CT molecular complexity index is 1180. The zero-order chi connectivity index (χ0) is 22.0. The Labute approximate surface area is 171 Å². The van der Waals surface area contributed by atoms with Crippen molar-refractivity contribution in [2.75, 3.05) is 0 Å². The summed E-state index contributed by atoms with van der Waals surface area (Å²) in [5.41, 5.74) is 1.12. The van der Waals surface area contributed by atoms with Crippen molar-refractivity contribution < 1.29 is 29.3 Å². The third kappa shape index (κ3) is 4.27. The number of carbonyl (C=O) groups excluding carboxylic acids is 2. The van der Waals surface area contributed by atoms with Crippen molar-refractivity contribution in [3.05, 3.63) is 69.1 Å². The summed E-state index contributed by atoms with van der Waals surface area (Å²) in [5.74, 6) is -2.12. The van der Waals surface area contributed by atoms with Crippen molar-refractivity contribution >= 4 is 22.8 Å². The van der Waals surface area contributed by atoms with Gasteiger partial charge in [0, 0.05) is 10.9 Å². The fourth-order valence-electron chi connectivity index (χ4n) is 3.25. The van der Waals surface area contributed by atoms with Crippen molar-refractivity contribution in [2.24, 2.45) is 0 Å². The Morgan fingerprint density at radius 3 is 2.37 bits per heavy atom. The smallest absolute Gasteiger partial charge is 0.340 e. The summed E-state index contributed by atoms with van der Waals surface area (Å²) in [6.07, 6.45) is -0.415. The van der Waals surface area contributed by atoms with E-state index in [0.29, 0.717) is 22.1 Å². The fraction of sp³-hybridized carbons (Fsp3) is 0.227. The molecule has 3 rings (SSSR count). The van der Waals surface area contributed by atoms with E-state index in [4.69, 9.17) is 4.42 Å². The summed E-state index contributed by atoms with van der Waals surface area (Å²) in [6, 6.07) is 7.65. The second kappa shape index (κ2) is 8.28. The van der Waals surface area contributed by atoms with Crippen LogP contribution in [-0.4, -0.2) is 28.1 Å². The van der Waals surface area contributed by atoms with Crippen LogP contribution in [0.2, 0.25) is 0 Å². The standard InChI is InChI=1S/C22H21NO7/c1-11-15-7-8-18(25)12(2)20(15)30-22(29)16(11)10-19(26)23-17(21(27)28)9-13-3-5-14(24)6-4-13/h3-8,17,24-25H,9-10H2,1-2H3,(H,23,26)(H,27,28)/p-1/t17-/m0/s1. The van der Waals surface area contributed by atoms with Crippen LogP contribution >= 0.6 is 0 Å². The molecule has 8 heteroatoms. The van der Waals surface area contributed by atoms with Gasteiger partial charge in [-0.2, -0.15) is 0 Å². The van der Waals surface area contributed by atoms with Gasteiger partial charge in [-0.3, -0.25) is 4.79 Å². The topological polar surface area (TPSA) is 140 Å². The Kier molecular flexibility index (Phi) is 5.77. The summed E-state index contributed by atoms with van der Waals surface area (Å²) in [4.78, 5) is 36.3. The minimum Gasteiger partial charge on any atom is -0.548 e. The number of aliphatic carboxylic acids is 1. The van der Waals surface area contributed by atoms with Crippen molar-refractivity contribution in [3.8, 4) is 11.5 Å². The number of hydrogen-bond acceptors (Lipinski definition) is 7. The Balaban J connectivity index is 1.83. The van der Waals surface area contributed by atoms with Crippen LogP contribution in [0.5, 0.6) is 11.5 Å². The molecular formula is C22H20NO7-. The highest BCUT2D eigenvalue weighted by Crippen LogP contribution is 2.28. The molecule has 30 heavy (non-hydrogen) atoms. The largest absolute Gasteiger partial charge is 0.548 e. The highest BCUT2D eigenvalue weighted by molar-refractivity contribution is 5.88. The molecule has 0 bridgehead atoms. The quantitative estimate of drug-likeness (QED) is 0.512. The van der Waals surface area contributed by atoms with Crippen LogP contribution < -0.4 is 16.0 Å². The first-order valence-corrected chi connectivity index (χ1v) is 9.20. The number of amides is 1. The fourth-order valence-corrected chi connectivity index (χ4v) is 3.25. The van der Waals surface area contributed by atoms with Gasteiger partial charge in [0.25, 0.3) is 0 Å². The van der Waals surface area contributed by atoms with Crippen LogP contribution in [0.4, 0.5) is 0 Å². The molecule has 0 radical (unpaired) electrons. The Morgan fingerprint density at radius 2 is 1.73 bits per heavy atom. The average molecular weight is 410 g/mol. The molecule has 1 amide bonds. The molecule has 1 heterocycles. The highest BCUT2D eigenvalue weighted by Gasteiger charge is 2.20. The second-order valence-corrected chi connectivity index (χ2v) is 7.07. The second-order valence-electron chi connectivity index (χ2n) is 7.07. The van der Waals surface area contributed by atoms with E-state index >= 15 is 0 Å². The number of carboxylic acid groups (broad SMARTS) is 1. The molecule has 1 atom stereocenters. The van der Waals surface area contributed by atoms with Crippen LogP contribution in [0.15, 0.2) is 45.6 Å². The van der Waals surface area contributed by atoms with Crippen molar-refractivity contribution in [2.45, 2.75) is 32.7 Å². The number of aryl methyl sites for hydroxylation is 2. The SMILES string of the molecule is Cc1c(CC(=O)N[C@@H](Cc2ccc(O)cc2)C(=O)[O-])c(=O)oc2c(C)c(O)ccc12. The van der Waals surface area contributed by atoms with Crippen LogP contribution in [-0.2, 0) is 22.4 Å². The molecule has 0 aliphatic carbocycles. The van der Waals surface area contributed by atoms with Crippen LogP contribution in [0.3, 0.4) is 0 Å². The van der Waals surface area contributed by atoms with E-state index in [-0.39, 0.29) is 35.5 Å². The molecule has 2 aromatic carbocycles. The maximum Gasteiger partial charge on any atom is 0.340 e. The zero-order valence-corrected chi connectivity index (χ0v) is 16.4. The third-order valence-corrected chi connectivity index (χ3v) is 5.01. The number of phenols is 2. The molecular weight excluding hydrogens is 390 g/mol. The highest BCUT2D eigenvalue weighted by atomic mass is 16.4. The van der Waals surface area contributed by atoms with Crippen LogP contribution in [0, 0.1) is 13.8 Å². The Hall–Kier alpha value is -3.81. The van der Waals surface area contributed by atoms with E-state index in [9.17, 15) is 29.7 Å². The minimum atomic E-state index is -1.47. The number of fused-ring (bicyclic) bond motifs is 1. The maximum absolute atomic E-state index is 12.5. The number of aromatic hydroxyl groups is 2. The predicted octanol–water partition coefficient (Wildman–Crippen LogP) is 0.841. The normalized spacial score (nSPS) is 11.9. The van der Waals surface area contributed by atoms with Crippen molar-refractivity contribution in [3.63, 3.8) is 0 Å². The predicted molar refractivity (Wildman–Crippen MR) is 106 cm³/mol. The van der Waals surface area contributed by atoms with Gasteiger partial charge in [-0.1, -0.05) is 12.1 Å². The first-order valence-electron chi connectivity index (χ1n) is 9.20. The number of nitrogens with one attached hydrogen (secondary N) is 1.